The molecule has 1 aliphatic carbocycles. The minimum Gasteiger partial charge on any atom is -0.370 e. The third-order valence-electron chi connectivity index (χ3n) is 5.19. The van der Waals surface area contributed by atoms with Crippen LogP contribution in [0.5, 0.6) is 0 Å². The van der Waals surface area contributed by atoms with Crippen LogP contribution in [0.3, 0.4) is 0 Å². The number of carbonyl (C=O) groups excluding carboxylic acids is 1. The lowest BCUT2D eigenvalue weighted by molar-refractivity contribution is -0.129. The molecule has 1 saturated carbocycles. The Balaban J connectivity index is 1.42. The molecule has 0 spiro atoms. The molecule has 124 valence electrons. The van der Waals surface area contributed by atoms with Gasteiger partial charge in [0, 0.05) is 44.7 Å². The van der Waals surface area contributed by atoms with Crippen molar-refractivity contribution in [3.8, 4) is 0 Å². The van der Waals surface area contributed by atoms with Gasteiger partial charge in [-0.2, -0.15) is 0 Å². The number of hydrogen-bond acceptors (Lipinski definition) is 5. The number of amides is 1. The number of nitrogens with zero attached hydrogens (tertiary/aromatic N) is 4. The third kappa shape index (κ3) is 3.41. The van der Waals surface area contributed by atoms with E-state index in [2.05, 4.69) is 31.2 Å². The minimum absolute atomic E-state index is 0.325. The molecular formula is C17H25N5O. The monoisotopic (exact) mass is 315 g/mol. The van der Waals surface area contributed by atoms with Gasteiger partial charge in [-0.15, -0.1) is 0 Å². The molecule has 1 amide bonds. The van der Waals surface area contributed by atoms with Gasteiger partial charge in [-0.05, 0) is 38.0 Å². The second-order valence-electron chi connectivity index (χ2n) is 7.02. The molecule has 0 aromatic carbocycles. The number of anilines is 2. The van der Waals surface area contributed by atoms with E-state index in [4.69, 9.17) is 0 Å². The third-order valence-corrected chi connectivity index (χ3v) is 5.19. The van der Waals surface area contributed by atoms with Crippen molar-refractivity contribution >= 4 is 17.5 Å². The van der Waals surface area contributed by atoms with E-state index in [1.165, 1.54) is 12.8 Å². The van der Waals surface area contributed by atoms with Gasteiger partial charge in [-0.1, -0.05) is 0 Å². The summed E-state index contributed by atoms with van der Waals surface area (Å²) in [5, 5.41) is 3.42. The second-order valence-corrected chi connectivity index (χ2v) is 7.02. The number of carbonyl (C=O) groups is 1. The summed E-state index contributed by atoms with van der Waals surface area (Å²) in [5.41, 5.74) is 0. The summed E-state index contributed by atoms with van der Waals surface area (Å²) >= 11 is 0. The van der Waals surface area contributed by atoms with Gasteiger partial charge in [0.15, 0.2) is 0 Å². The number of likely N-dealkylation sites (tertiary alicyclic amines) is 1. The highest BCUT2D eigenvalue weighted by molar-refractivity contribution is 5.78. The summed E-state index contributed by atoms with van der Waals surface area (Å²) in [7, 11) is 0. The standard InChI is InChI=1S/C17H25N5O/c23-17-4-2-8-22(17)14-3-1-7-21(11-14)16-9-15(19-12-20-16)18-10-13-5-6-13/h9,12-14H,1-8,10-11H2,(H,18,19,20). The van der Waals surface area contributed by atoms with E-state index in [0.29, 0.717) is 11.9 Å². The molecule has 1 aromatic rings. The number of hydrogen-bond donors (Lipinski definition) is 1. The molecule has 3 fully saturated rings. The van der Waals surface area contributed by atoms with Crippen LogP contribution >= 0.6 is 0 Å². The van der Waals surface area contributed by atoms with Gasteiger partial charge in [0.25, 0.3) is 0 Å². The number of nitrogens with one attached hydrogen (secondary N) is 1. The van der Waals surface area contributed by atoms with Crippen molar-refractivity contribution in [2.45, 2.75) is 44.6 Å². The zero-order chi connectivity index (χ0) is 15.6. The normalized spacial score (nSPS) is 25.0. The molecule has 6 heteroatoms. The maximum atomic E-state index is 12.0. The van der Waals surface area contributed by atoms with Crippen LogP contribution in [0.4, 0.5) is 11.6 Å². The van der Waals surface area contributed by atoms with Gasteiger partial charge in [-0.3, -0.25) is 4.79 Å². The van der Waals surface area contributed by atoms with Crippen molar-refractivity contribution in [2.75, 3.05) is 36.4 Å². The summed E-state index contributed by atoms with van der Waals surface area (Å²) in [5.74, 6) is 3.05. The molecule has 23 heavy (non-hydrogen) atoms. The molecular weight excluding hydrogens is 290 g/mol. The molecule has 1 unspecified atom stereocenters. The Morgan fingerprint density at radius 1 is 1.17 bits per heavy atom. The fourth-order valence-electron chi connectivity index (χ4n) is 3.66. The highest BCUT2D eigenvalue weighted by Crippen LogP contribution is 2.29. The summed E-state index contributed by atoms with van der Waals surface area (Å²) in [6.07, 6.45) is 8.28. The molecule has 1 atom stereocenters. The van der Waals surface area contributed by atoms with Crippen molar-refractivity contribution in [3.63, 3.8) is 0 Å². The van der Waals surface area contributed by atoms with Crippen LogP contribution in [0.15, 0.2) is 12.4 Å². The van der Waals surface area contributed by atoms with Crippen molar-refractivity contribution in [2.24, 2.45) is 5.92 Å². The molecule has 6 nitrogen and oxygen atoms in total. The first-order chi connectivity index (χ1) is 11.3. The molecule has 1 N–H and O–H groups in total. The average Bonchev–Trinajstić information content (AvgIpc) is 3.33. The van der Waals surface area contributed by atoms with Crippen LogP contribution in [-0.2, 0) is 4.79 Å². The van der Waals surface area contributed by atoms with Crippen molar-refractivity contribution in [1.29, 1.82) is 0 Å². The largest absolute Gasteiger partial charge is 0.370 e. The van der Waals surface area contributed by atoms with Crippen LogP contribution in [-0.4, -0.2) is 53.0 Å². The van der Waals surface area contributed by atoms with Gasteiger partial charge in [0.05, 0.1) is 0 Å². The van der Waals surface area contributed by atoms with E-state index >= 15 is 0 Å². The number of piperidine rings is 1. The van der Waals surface area contributed by atoms with E-state index in [-0.39, 0.29) is 0 Å². The quantitative estimate of drug-likeness (QED) is 0.899. The zero-order valence-corrected chi connectivity index (χ0v) is 13.6. The predicted octanol–water partition coefficient (Wildman–Crippen LogP) is 1.89. The molecule has 3 aliphatic rings. The Morgan fingerprint density at radius 3 is 2.87 bits per heavy atom. The van der Waals surface area contributed by atoms with Crippen LogP contribution in [0.1, 0.15) is 38.5 Å². The Labute approximate surface area is 137 Å². The molecule has 1 aromatic heterocycles. The van der Waals surface area contributed by atoms with Crippen molar-refractivity contribution in [1.82, 2.24) is 14.9 Å². The maximum absolute atomic E-state index is 12.0. The van der Waals surface area contributed by atoms with Crippen LogP contribution in [0.2, 0.25) is 0 Å². The SMILES string of the molecule is O=C1CCCN1C1CCCN(c2cc(NCC3CC3)ncn2)C1. The van der Waals surface area contributed by atoms with Gasteiger partial charge < -0.3 is 15.1 Å². The molecule has 3 heterocycles. The van der Waals surface area contributed by atoms with E-state index in [0.717, 1.165) is 69.4 Å². The van der Waals surface area contributed by atoms with Gasteiger partial charge >= 0.3 is 0 Å². The topological polar surface area (TPSA) is 61.4 Å². The highest BCUT2D eigenvalue weighted by Gasteiger charge is 2.31. The summed E-state index contributed by atoms with van der Waals surface area (Å²) in [6.45, 7) is 3.85. The second kappa shape index (κ2) is 6.34. The first kappa shape index (κ1) is 14.7. The van der Waals surface area contributed by atoms with Crippen LogP contribution in [0, 0.1) is 5.92 Å². The van der Waals surface area contributed by atoms with E-state index in [9.17, 15) is 4.79 Å². The summed E-state index contributed by atoms with van der Waals surface area (Å²) in [4.78, 5) is 25.2. The lowest BCUT2D eigenvalue weighted by Crippen LogP contribution is -2.48. The Morgan fingerprint density at radius 2 is 2.09 bits per heavy atom. The maximum Gasteiger partial charge on any atom is 0.222 e. The predicted molar refractivity (Wildman–Crippen MR) is 89.4 cm³/mol. The molecule has 4 rings (SSSR count). The minimum atomic E-state index is 0.325. The first-order valence-corrected chi connectivity index (χ1v) is 8.90. The number of aromatic nitrogens is 2. The fourth-order valence-corrected chi connectivity index (χ4v) is 3.66. The Kier molecular flexibility index (Phi) is 4.06. The van der Waals surface area contributed by atoms with Crippen LogP contribution < -0.4 is 10.2 Å². The van der Waals surface area contributed by atoms with E-state index in [1.54, 1.807) is 6.33 Å². The fraction of sp³-hybridized carbons (Fsp3) is 0.706. The van der Waals surface area contributed by atoms with Gasteiger partial charge in [0.2, 0.25) is 5.91 Å². The number of rotatable bonds is 5. The molecule has 2 aliphatic heterocycles. The van der Waals surface area contributed by atoms with Gasteiger partial charge in [-0.25, -0.2) is 9.97 Å². The van der Waals surface area contributed by atoms with E-state index < -0.39 is 0 Å². The van der Waals surface area contributed by atoms with E-state index in [1.807, 2.05) is 0 Å². The Bertz CT molecular complexity index is 574. The Hall–Kier alpha value is -1.85. The summed E-state index contributed by atoms with van der Waals surface area (Å²) in [6, 6.07) is 2.40. The lowest BCUT2D eigenvalue weighted by atomic mass is 10.0. The van der Waals surface area contributed by atoms with Crippen molar-refractivity contribution < 1.29 is 4.79 Å². The highest BCUT2D eigenvalue weighted by atomic mass is 16.2. The lowest BCUT2D eigenvalue weighted by Gasteiger charge is -2.38. The van der Waals surface area contributed by atoms with Crippen LogP contribution in [0.25, 0.3) is 0 Å². The van der Waals surface area contributed by atoms with Gasteiger partial charge in [0.1, 0.15) is 18.0 Å². The molecule has 0 bridgehead atoms. The first-order valence-electron chi connectivity index (χ1n) is 8.90. The molecule has 0 radical (unpaired) electrons. The summed E-state index contributed by atoms with van der Waals surface area (Å²) < 4.78 is 0. The van der Waals surface area contributed by atoms with Crippen molar-refractivity contribution in [3.05, 3.63) is 12.4 Å². The zero-order valence-electron chi connectivity index (χ0n) is 13.6. The molecule has 2 saturated heterocycles. The average molecular weight is 315 g/mol. The smallest absolute Gasteiger partial charge is 0.222 e.